The number of rotatable bonds is 4. The zero-order valence-corrected chi connectivity index (χ0v) is 15.1. The number of piperidine rings is 1. The van der Waals surface area contributed by atoms with Gasteiger partial charge in [-0.2, -0.15) is 0 Å². The minimum Gasteiger partial charge on any atom is -0.452 e. The highest BCUT2D eigenvalue weighted by molar-refractivity contribution is 8.00. The largest absolute Gasteiger partial charge is 0.452 e. The second kappa shape index (κ2) is 7.91. The van der Waals surface area contributed by atoms with Crippen molar-refractivity contribution in [2.45, 2.75) is 43.5 Å². The molecule has 134 valence electrons. The highest BCUT2D eigenvalue weighted by Gasteiger charge is 2.26. The van der Waals surface area contributed by atoms with Crippen molar-refractivity contribution >= 4 is 35.2 Å². The quantitative estimate of drug-likeness (QED) is 0.834. The minimum atomic E-state index is -0.550. The van der Waals surface area contributed by atoms with E-state index in [0.29, 0.717) is 17.0 Å². The Morgan fingerprint density at radius 2 is 2.20 bits per heavy atom. The average Bonchev–Trinajstić information content (AvgIpc) is 2.65. The molecule has 3 rings (SSSR count). The van der Waals surface area contributed by atoms with Gasteiger partial charge in [0.25, 0.3) is 5.91 Å². The van der Waals surface area contributed by atoms with Crippen molar-refractivity contribution < 1.29 is 19.1 Å². The van der Waals surface area contributed by atoms with Crippen LogP contribution in [0.3, 0.4) is 0 Å². The summed E-state index contributed by atoms with van der Waals surface area (Å²) in [6.45, 7) is 2.56. The first kappa shape index (κ1) is 17.8. The fourth-order valence-electron chi connectivity index (χ4n) is 3.26. The van der Waals surface area contributed by atoms with Gasteiger partial charge in [-0.3, -0.25) is 9.59 Å². The molecule has 25 heavy (non-hydrogen) atoms. The number of ether oxygens (including phenoxy) is 1. The number of carbonyl (C=O) groups excluding carboxylic acids is 3. The molecular weight excluding hydrogens is 340 g/mol. The first-order valence-corrected chi connectivity index (χ1v) is 9.60. The molecule has 1 atom stereocenters. The van der Waals surface area contributed by atoms with E-state index in [0.717, 1.165) is 37.1 Å². The summed E-state index contributed by atoms with van der Waals surface area (Å²) in [6, 6.07) is 5.29. The lowest BCUT2D eigenvalue weighted by Gasteiger charge is -2.35. The van der Waals surface area contributed by atoms with E-state index in [-0.39, 0.29) is 24.5 Å². The Hall–Kier alpha value is -2.02. The van der Waals surface area contributed by atoms with Crippen LogP contribution in [0.15, 0.2) is 23.1 Å². The number of esters is 1. The van der Waals surface area contributed by atoms with Crippen LogP contribution in [-0.4, -0.2) is 47.6 Å². The Balaban J connectivity index is 1.60. The topological polar surface area (TPSA) is 75.7 Å². The molecule has 2 aliphatic heterocycles. The van der Waals surface area contributed by atoms with E-state index in [9.17, 15) is 14.4 Å². The zero-order chi connectivity index (χ0) is 17.8. The monoisotopic (exact) mass is 362 g/mol. The van der Waals surface area contributed by atoms with E-state index in [2.05, 4.69) is 12.2 Å². The number of amides is 2. The summed E-state index contributed by atoms with van der Waals surface area (Å²) in [5.74, 6) is -0.402. The van der Waals surface area contributed by atoms with E-state index in [1.807, 2.05) is 4.90 Å². The molecule has 2 aliphatic rings. The number of thioether (sulfide) groups is 1. The van der Waals surface area contributed by atoms with Crippen LogP contribution in [0, 0.1) is 0 Å². The van der Waals surface area contributed by atoms with Gasteiger partial charge < -0.3 is 15.0 Å². The van der Waals surface area contributed by atoms with Crippen LogP contribution in [-0.2, 0) is 14.3 Å². The van der Waals surface area contributed by atoms with Crippen molar-refractivity contribution in [1.29, 1.82) is 0 Å². The number of likely N-dealkylation sites (tertiary alicyclic amines) is 1. The Kier molecular flexibility index (Phi) is 5.63. The summed E-state index contributed by atoms with van der Waals surface area (Å²) in [4.78, 5) is 38.8. The Morgan fingerprint density at radius 3 is 3.00 bits per heavy atom. The van der Waals surface area contributed by atoms with Crippen LogP contribution >= 0.6 is 11.8 Å². The normalized spacial score (nSPS) is 19.8. The Labute approximate surface area is 151 Å². The van der Waals surface area contributed by atoms with Crippen molar-refractivity contribution in [3.8, 4) is 0 Å². The number of carbonyl (C=O) groups is 3. The summed E-state index contributed by atoms with van der Waals surface area (Å²) in [5, 5.41) is 2.74. The van der Waals surface area contributed by atoms with Gasteiger partial charge in [0.05, 0.1) is 17.0 Å². The fourth-order valence-corrected chi connectivity index (χ4v) is 4.05. The molecule has 0 spiro atoms. The van der Waals surface area contributed by atoms with Crippen molar-refractivity contribution in [3.05, 3.63) is 23.8 Å². The van der Waals surface area contributed by atoms with E-state index in [1.165, 1.54) is 11.8 Å². The van der Waals surface area contributed by atoms with Gasteiger partial charge in [0.1, 0.15) is 0 Å². The molecule has 0 bridgehead atoms. The maximum Gasteiger partial charge on any atom is 0.338 e. The van der Waals surface area contributed by atoms with Crippen LogP contribution in [0.25, 0.3) is 0 Å². The average molecular weight is 362 g/mol. The number of anilines is 1. The minimum absolute atomic E-state index is 0.0890. The summed E-state index contributed by atoms with van der Waals surface area (Å²) < 4.78 is 5.20. The standard InChI is InChI=1S/C18H22N2O4S/c1-2-13-5-3-4-8-20(13)17(22)10-24-18(23)12-6-7-15-14(9-12)19-16(21)11-25-15/h6-7,9,13H,2-5,8,10-11H2,1H3,(H,19,21)/t13-/m1/s1. The molecular formula is C18H22N2O4S. The van der Waals surface area contributed by atoms with E-state index in [4.69, 9.17) is 4.74 Å². The maximum atomic E-state index is 12.4. The lowest BCUT2D eigenvalue weighted by atomic mass is 10.00. The summed E-state index contributed by atoms with van der Waals surface area (Å²) in [7, 11) is 0. The van der Waals surface area contributed by atoms with Gasteiger partial charge in [-0.1, -0.05) is 6.92 Å². The molecule has 1 aromatic rings. The number of nitrogens with one attached hydrogen (secondary N) is 1. The van der Waals surface area contributed by atoms with Gasteiger partial charge in [-0.05, 0) is 43.9 Å². The third-order valence-corrected chi connectivity index (χ3v) is 5.67. The molecule has 1 fully saturated rings. The Morgan fingerprint density at radius 1 is 1.36 bits per heavy atom. The van der Waals surface area contributed by atoms with Crippen molar-refractivity contribution in [2.75, 3.05) is 24.2 Å². The van der Waals surface area contributed by atoms with Gasteiger partial charge in [-0.15, -0.1) is 11.8 Å². The second-order valence-corrected chi connectivity index (χ2v) is 7.29. The van der Waals surface area contributed by atoms with Crippen molar-refractivity contribution in [1.82, 2.24) is 4.90 Å². The predicted octanol–water partition coefficient (Wildman–Crippen LogP) is 2.68. The maximum absolute atomic E-state index is 12.4. The summed E-state index contributed by atoms with van der Waals surface area (Å²) in [5.41, 5.74) is 0.948. The number of benzene rings is 1. The smallest absolute Gasteiger partial charge is 0.338 e. The third-order valence-electron chi connectivity index (χ3n) is 4.59. The molecule has 0 unspecified atom stereocenters. The van der Waals surface area contributed by atoms with Crippen LogP contribution in [0.2, 0.25) is 0 Å². The first-order chi connectivity index (χ1) is 12.1. The number of nitrogens with zero attached hydrogens (tertiary/aromatic N) is 1. The van der Waals surface area contributed by atoms with E-state index < -0.39 is 5.97 Å². The molecule has 2 amide bonds. The van der Waals surface area contributed by atoms with Crippen molar-refractivity contribution in [2.24, 2.45) is 0 Å². The van der Waals surface area contributed by atoms with Crippen molar-refractivity contribution in [3.63, 3.8) is 0 Å². The lowest BCUT2D eigenvalue weighted by molar-refractivity contribution is -0.138. The molecule has 1 aromatic carbocycles. The fraction of sp³-hybridized carbons (Fsp3) is 0.500. The molecule has 2 heterocycles. The summed E-state index contributed by atoms with van der Waals surface area (Å²) in [6.07, 6.45) is 4.07. The predicted molar refractivity (Wildman–Crippen MR) is 95.7 cm³/mol. The lowest BCUT2D eigenvalue weighted by Crippen LogP contribution is -2.45. The SMILES string of the molecule is CC[C@@H]1CCCCN1C(=O)COC(=O)c1ccc2c(c1)NC(=O)CS2. The number of hydrogen-bond donors (Lipinski definition) is 1. The van der Waals surface area contributed by atoms with Gasteiger partial charge >= 0.3 is 5.97 Å². The number of hydrogen-bond acceptors (Lipinski definition) is 5. The van der Waals surface area contributed by atoms with Gasteiger partial charge in [0, 0.05) is 17.5 Å². The van der Waals surface area contributed by atoms with Crippen LogP contribution in [0.4, 0.5) is 5.69 Å². The molecule has 0 aromatic heterocycles. The molecule has 0 saturated carbocycles. The van der Waals surface area contributed by atoms with Gasteiger partial charge in [-0.25, -0.2) is 4.79 Å². The highest BCUT2D eigenvalue weighted by Crippen LogP contribution is 2.32. The van der Waals surface area contributed by atoms with Gasteiger partial charge in [0.15, 0.2) is 6.61 Å². The second-order valence-electron chi connectivity index (χ2n) is 6.27. The van der Waals surface area contributed by atoms with Crippen LogP contribution in [0.1, 0.15) is 43.0 Å². The number of fused-ring (bicyclic) bond motifs is 1. The molecule has 0 radical (unpaired) electrons. The molecule has 0 aliphatic carbocycles. The van der Waals surface area contributed by atoms with E-state index >= 15 is 0 Å². The third kappa shape index (κ3) is 4.15. The highest BCUT2D eigenvalue weighted by atomic mass is 32.2. The van der Waals surface area contributed by atoms with Crippen LogP contribution < -0.4 is 5.32 Å². The molecule has 7 heteroatoms. The molecule has 6 nitrogen and oxygen atoms in total. The molecule has 1 saturated heterocycles. The van der Waals surface area contributed by atoms with Gasteiger partial charge in [0.2, 0.25) is 5.91 Å². The van der Waals surface area contributed by atoms with E-state index in [1.54, 1.807) is 18.2 Å². The van der Waals surface area contributed by atoms with Crippen LogP contribution in [0.5, 0.6) is 0 Å². The summed E-state index contributed by atoms with van der Waals surface area (Å²) >= 11 is 1.43. The first-order valence-electron chi connectivity index (χ1n) is 8.61. The molecule has 1 N–H and O–H groups in total. The zero-order valence-electron chi connectivity index (χ0n) is 14.2. The Bertz CT molecular complexity index is 692.